The smallest absolute Gasteiger partial charge is 0.384 e. The lowest BCUT2D eigenvalue weighted by atomic mass is 9.91. The Kier molecular flexibility index (Phi) is 6.02. The molecular weight excluding hydrogens is 356 g/mol. The number of rotatable bonds is 8. The summed E-state index contributed by atoms with van der Waals surface area (Å²) in [6, 6.07) is 0. The highest BCUT2D eigenvalue weighted by atomic mass is 35.5. The molecule has 0 radical (unpaired) electrons. The largest absolute Gasteiger partial charge is 0.426 e. The van der Waals surface area contributed by atoms with Gasteiger partial charge in [-0.05, 0) is 43.0 Å². The van der Waals surface area contributed by atoms with E-state index in [0.717, 1.165) is 6.08 Å². The molecule has 0 bridgehead atoms. The highest BCUT2D eigenvalue weighted by Gasteiger charge is 2.72. The van der Waals surface area contributed by atoms with Crippen molar-refractivity contribution in [3.8, 4) is 0 Å². The summed E-state index contributed by atoms with van der Waals surface area (Å²) < 4.78 is 94.1. The zero-order valence-electron chi connectivity index (χ0n) is 10.5. The highest BCUT2D eigenvalue weighted by Crippen LogP contribution is 2.51. The zero-order valence-corrected chi connectivity index (χ0v) is 12.0. The van der Waals surface area contributed by atoms with Crippen LogP contribution in [-0.2, 0) is 4.74 Å². The fourth-order valence-electron chi connectivity index (χ4n) is 1.14. The summed E-state index contributed by atoms with van der Waals surface area (Å²) in [6.07, 6.45) is -6.07. The van der Waals surface area contributed by atoms with Crippen LogP contribution in [0.4, 0.5) is 30.7 Å². The maximum Gasteiger partial charge on any atom is 0.426 e. The minimum atomic E-state index is -5.87. The maximum atomic E-state index is 13.5. The number of halogens is 9. The zero-order chi connectivity index (χ0) is 17.3. The van der Waals surface area contributed by atoms with Gasteiger partial charge < -0.3 is 5.11 Å². The van der Waals surface area contributed by atoms with Crippen molar-refractivity contribution in [3.05, 3.63) is 12.7 Å². The van der Waals surface area contributed by atoms with E-state index in [1.54, 1.807) is 0 Å². The summed E-state index contributed by atoms with van der Waals surface area (Å²) in [5.41, 5.74) is -3.42. The van der Waals surface area contributed by atoms with Crippen LogP contribution in [0.25, 0.3) is 0 Å². The number of ether oxygens (including phenoxy) is 1. The monoisotopic (exact) mass is 366 g/mol. The minimum absolute atomic E-state index is 0.292. The van der Waals surface area contributed by atoms with Crippen molar-refractivity contribution in [2.24, 2.45) is 0 Å². The molecule has 0 spiro atoms. The van der Waals surface area contributed by atoms with Crippen LogP contribution in [0.15, 0.2) is 12.7 Å². The van der Waals surface area contributed by atoms with E-state index in [4.69, 9.17) is 0 Å². The second-order valence-electron chi connectivity index (χ2n) is 4.31. The lowest BCUT2D eigenvalue weighted by molar-refractivity contribution is -0.428. The van der Waals surface area contributed by atoms with Gasteiger partial charge in [0.05, 0.1) is 0 Å². The molecule has 0 aromatic rings. The molecular formula is C10H11Cl2F7O2. The van der Waals surface area contributed by atoms with E-state index in [0.29, 0.717) is 6.92 Å². The fourth-order valence-corrected chi connectivity index (χ4v) is 1.27. The van der Waals surface area contributed by atoms with Gasteiger partial charge in [0.25, 0.3) is 0 Å². The van der Waals surface area contributed by atoms with E-state index in [1.807, 2.05) is 0 Å². The van der Waals surface area contributed by atoms with Crippen LogP contribution >= 0.6 is 23.2 Å². The average molecular weight is 367 g/mol. The fraction of sp³-hybridized carbons (Fsp3) is 0.800. The Morgan fingerprint density at radius 2 is 1.52 bits per heavy atom. The van der Waals surface area contributed by atoms with Crippen LogP contribution in [-0.4, -0.2) is 33.4 Å². The van der Waals surface area contributed by atoms with Gasteiger partial charge in [0.1, 0.15) is 5.60 Å². The molecule has 0 saturated heterocycles. The molecule has 0 aromatic heterocycles. The second kappa shape index (κ2) is 6.10. The third-order valence-corrected chi connectivity index (χ3v) is 3.12. The lowest BCUT2D eigenvalue weighted by Gasteiger charge is -2.38. The normalized spacial score (nSPS) is 19.8. The van der Waals surface area contributed by atoms with Crippen LogP contribution in [0.3, 0.4) is 0 Å². The third kappa shape index (κ3) is 4.37. The van der Waals surface area contributed by atoms with Gasteiger partial charge in [-0.25, -0.2) is 0 Å². The molecule has 2 nitrogen and oxygen atoms in total. The van der Waals surface area contributed by atoms with E-state index in [1.165, 1.54) is 0 Å². The summed E-state index contributed by atoms with van der Waals surface area (Å²) in [7, 11) is 0. The summed E-state index contributed by atoms with van der Waals surface area (Å²) in [5, 5.41) is -0.971. The third-order valence-electron chi connectivity index (χ3n) is 2.46. The standard InChI is InChI=1S/C10H11Cl2F7O2/c1-3-4-5-6(2,20)7(13,14)10(18,19)21-9(12,17)8(11,15)16/h3,20H,1,4-5H2,2H3. The van der Waals surface area contributed by atoms with Gasteiger partial charge in [0.2, 0.25) is 0 Å². The van der Waals surface area contributed by atoms with Crippen LogP contribution in [0, 0.1) is 0 Å². The molecule has 0 aliphatic heterocycles. The van der Waals surface area contributed by atoms with Gasteiger partial charge in [0, 0.05) is 0 Å². The molecule has 0 aliphatic carbocycles. The van der Waals surface area contributed by atoms with Crippen molar-refractivity contribution in [2.45, 2.75) is 48.1 Å². The van der Waals surface area contributed by atoms with E-state index in [2.05, 4.69) is 34.5 Å². The first-order valence-corrected chi connectivity index (χ1v) is 6.01. The predicted molar refractivity (Wildman–Crippen MR) is 61.5 cm³/mol. The number of hydrogen-bond donors (Lipinski definition) is 1. The molecule has 0 saturated carbocycles. The molecule has 0 heterocycles. The van der Waals surface area contributed by atoms with Gasteiger partial charge in [-0.2, -0.15) is 30.7 Å². The molecule has 2 unspecified atom stereocenters. The first kappa shape index (κ1) is 20.8. The first-order chi connectivity index (χ1) is 9.02. The van der Waals surface area contributed by atoms with Crippen molar-refractivity contribution >= 4 is 23.2 Å². The highest BCUT2D eigenvalue weighted by molar-refractivity contribution is 6.31. The molecule has 11 heteroatoms. The van der Waals surface area contributed by atoms with Crippen molar-refractivity contribution in [1.82, 2.24) is 0 Å². The van der Waals surface area contributed by atoms with Gasteiger partial charge >= 0.3 is 22.7 Å². The van der Waals surface area contributed by atoms with Crippen LogP contribution in [0.5, 0.6) is 0 Å². The number of alkyl halides is 9. The molecule has 0 aromatic carbocycles. The van der Waals surface area contributed by atoms with E-state index in [-0.39, 0.29) is 6.42 Å². The number of hydrogen-bond acceptors (Lipinski definition) is 2. The van der Waals surface area contributed by atoms with Gasteiger partial charge in [-0.15, -0.1) is 6.58 Å². The molecule has 0 amide bonds. The van der Waals surface area contributed by atoms with E-state index < -0.39 is 34.7 Å². The summed E-state index contributed by atoms with van der Waals surface area (Å²) >= 11 is 8.33. The predicted octanol–water partition coefficient (Wildman–Crippen LogP) is 4.64. The van der Waals surface area contributed by atoms with Gasteiger partial charge in [-0.1, -0.05) is 6.08 Å². The summed E-state index contributed by atoms with van der Waals surface area (Å²) in [5.74, 6) is -5.45. The van der Waals surface area contributed by atoms with Crippen molar-refractivity contribution in [3.63, 3.8) is 0 Å². The molecule has 21 heavy (non-hydrogen) atoms. The molecule has 0 aliphatic rings. The lowest BCUT2D eigenvalue weighted by Crippen LogP contribution is -2.61. The topological polar surface area (TPSA) is 29.5 Å². The van der Waals surface area contributed by atoms with Crippen LogP contribution < -0.4 is 0 Å². The molecule has 0 fully saturated rings. The Hall–Kier alpha value is -0.250. The SMILES string of the molecule is C=CCCC(C)(O)C(F)(F)C(F)(F)OC(F)(Cl)C(F)(F)Cl. The van der Waals surface area contributed by atoms with Gasteiger partial charge in [-0.3, -0.25) is 4.74 Å². The Morgan fingerprint density at radius 3 is 1.86 bits per heavy atom. The second-order valence-corrected chi connectivity index (χ2v) is 5.27. The Bertz CT molecular complexity index is 380. The van der Waals surface area contributed by atoms with E-state index >= 15 is 0 Å². The van der Waals surface area contributed by atoms with Crippen LogP contribution in [0.2, 0.25) is 0 Å². The minimum Gasteiger partial charge on any atom is -0.384 e. The van der Waals surface area contributed by atoms with Crippen LogP contribution in [0.1, 0.15) is 19.8 Å². The van der Waals surface area contributed by atoms with Crippen molar-refractivity contribution in [2.75, 3.05) is 0 Å². The quantitative estimate of drug-likeness (QED) is 0.385. The maximum absolute atomic E-state index is 13.5. The average Bonchev–Trinajstić information content (AvgIpc) is 2.22. The Balaban J connectivity index is 5.43. The molecule has 2 atom stereocenters. The first-order valence-electron chi connectivity index (χ1n) is 5.25. The van der Waals surface area contributed by atoms with Gasteiger partial charge in [0.15, 0.2) is 0 Å². The van der Waals surface area contributed by atoms with Crippen molar-refractivity contribution in [1.29, 1.82) is 0 Å². The number of aliphatic hydroxyl groups is 1. The Labute approximate surface area is 125 Å². The molecule has 1 N–H and O–H groups in total. The summed E-state index contributed by atoms with van der Waals surface area (Å²) in [4.78, 5) is 0. The molecule has 126 valence electrons. The van der Waals surface area contributed by atoms with E-state index in [9.17, 15) is 35.8 Å². The van der Waals surface area contributed by atoms with Crippen molar-refractivity contribution < 1.29 is 40.6 Å². The Morgan fingerprint density at radius 1 is 1.10 bits per heavy atom. The summed E-state index contributed by atoms with van der Waals surface area (Å²) in [6.45, 7) is 3.42. The number of allylic oxidation sites excluding steroid dienone is 1. The molecule has 0 rings (SSSR count).